The highest BCUT2D eigenvalue weighted by Gasteiger charge is 2.11. The van der Waals surface area contributed by atoms with Crippen LogP contribution in [-0.2, 0) is 9.53 Å². The van der Waals surface area contributed by atoms with E-state index in [9.17, 15) is 14.7 Å². The monoisotopic (exact) mass is 247 g/mol. The number of esters is 1. The summed E-state index contributed by atoms with van der Waals surface area (Å²) in [6.45, 7) is 0. The molecule has 0 amide bonds. The van der Waals surface area contributed by atoms with Crippen molar-refractivity contribution in [2.75, 3.05) is 7.11 Å². The zero-order chi connectivity index (χ0) is 13.7. The number of phenolic OH excluding ortho intramolecular Hbond substituents is 1. The summed E-state index contributed by atoms with van der Waals surface area (Å²) in [4.78, 5) is 21.8. The van der Waals surface area contributed by atoms with Gasteiger partial charge in [-0.1, -0.05) is 6.07 Å². The Balaban J connectivity index is 3.20. The Hall–Kier alpha value is -2.81. The number of ether oxygens (including phenoxy) is 1. The van der Waals surface area contributed by atoms with Crippen LogP contribution in [0.15, 0.2) is 23.8 Å². The Morgan fingerprint density at radius 3 is 2.56 bits per heavy atom. The van der Waals surface area contributed by atoms with Crippen molar-refractivity contribution < 1.29 is 24.5 Å². The number of benzene rings is 1. The summed E-state index contributed by atoms with van der Waals surface area (Å²) in [7, 11) is 1.13. The van der Waals surface area contributed by atoms with Gasteiger partial charge in [-0.2, -0.15) is 5.26 Å². The Labute approximate surface area is 102 Å². The highest BCUT2D eigenvalue weighted by Crippen LogP contribution is 2.21. The molecule has 0 aliphatic heterocycles. The van der Waals surface area contributed by atoms with Gasteiger partial charge in [0.1, 0.15) is 17.4 Å². The third kappa shape index (κ3) is 2.86. The number of hydrogen-bond donors (Lipinski definition) is 2. The van der Waals surface area contributed by atoms with E-state index in [0.717, 1.165) is 19.3 Å². The number of carbonyl (C=O) groups is 2. The summed E-state index contributed by atoms with van der Waals surface area (Å²) in [5, 5.41) is 27.0. The van der Waals surface area contributed by atoms with Crippen molar-refractivity contribution in [3.8, 4) is 11.8 Å². The maximum Gasteiger partial charge on any atom is 0.348 e. The van der Waals surface area contributed by atoms with Crippen LogP contribution in [0, 0.1) is 11.3 Å². The van der Waals surface area contributed by atoms with Crippen LogP contribution in [0.1, 0.15) is 15.9 Å². The van der Waals surface area contributed by atoms with Gasteiger partial charge in [0.2, 0.25) is 0 Å². The molecular weight excluding hydrogens is 238 g/mol. The Bertz CT molecular complexity index is 568. The van der Waals surface area contributed by atoms with E-state index in [1.807, 2.05) is 0 Å². The maximum atomic E-state index is 11.1. The zero-order valence-electron chi connectivity index (χ0n) is 9.38. The fourth-order valence-corrected chi connectivity index (χ4v) is 1.20. The molecule has 0 fully saturated rings. The Morgan fingerprint density at radius 2 is 2.11 bits per heavy atom. The first kappa shape index (κ1) is 13.3. The molecule has 1 rings (SSSR count). The number of hydrogen-bond acceptors (Lipinski definition) is 5. The summed E-state index contributed by atoms with van der Waals surface area (Å²) in [5.41, 5.74) is -0.237. The van der Waals surface area contributed by atoms with Crippen LogP contribution in [0.2, 0.25) is 0 Å². The lowest BCUT2D eigenvalue weighted by Crippen LogP contribution is -2.02. The van der Waals surface area contributed by atoms with E-state index in [0.29, 0.717) is 0 Å². The molecule has 0 atom stereocenters. The molecule has 1 aromatic carbocycles. The molecule has 0 radical (unpaired) electrons. The number of aromatic hydroxyl groups is 1. The second-order valence-electron chi connectivity index (χ2n) is 3.24. The summed E-state index contributed by atoms with van der Waals surface area (Å²) in [6.07, 6.45) is 1.12. The van der Waals surface area contributed by atoms with Gasteiger partial charge >= 0.3 is 11.9 Å². The second-order valence-corrected chi connectivity index (χ2v) is 3.24. The van der Waals surface area contributed by atoms with E-state index in [1.54, 1.807) is 6.07 Å². The minimum atomic E-state index is -1.19. The van der Waals surface area contributed by atoms with Gasteiger partial charge in [0.05, 0.1) is 12.7 Å². The molecule has 2 N–H and O–H groups in total. The minimum absolute atomic E-state index is 0.0961. The maximum absolute atomic E-state index is 11.1. The molecule has 6 heteroatoms. The molecular formula is C12H9NO5. The summed E-state index contributed by atoms with van der Waals surface area (Å²) < 4.78 is 4.37. The third-order valence-electron chi connectivity index (χ3n) is 2.10. The van der Waals surface area contributed by atoms with Crippen molar-refractivity contribution in [1.29, 1.82) is 5.26 Å². The van der Waals surface area contributed by atoms with Crippen molar-refractivity contribution in [2.24, 2.45) is 0 Å². The lowest BCUT2D eigenvalue weighted by molar-refractivity contribution is -0.135. The number of aromatic carboxylic acids is 1. The van der Waals surface area contributed by atoms with E-state index in [2.05, 4.69) is 4.74 Å². The molecule has 0 unspecified atom stereocenters. The summed E-state index contributed by atoms with van der Waals surface area (Å²) in [5.74, 6) is -2.36. The van der Waals surface area contributed by atoms with E-state index in [1.165, 1.54) is 12.1 Å². The van der Waals surface area contributed by atoms with Gasteiger partial charge in [-0.05, 0) is 18.2 Å². The number of carboxylic acid groups (broad SMARTS) is 1. The fourth-order valence-electron chi connectivity index (χ4n) is 1.20. The quantitative estimate of drug-likeness (QED) is 0.471. The topological polar surface area (TPSA) is 108 Å². The van der Waals surface area contributed by atoms with Crippen LogP contribution in [-0.4, -0.2) is 29.3 Å². The van der Waals surface area contributed by atoms with Crippen molar-refractivity contribution >= 4 is 18.0 Å². The number of nitriles is 1. The molecule has 0 spiro atoms. The number of nitrogens with zero attached hydrogens (tertiary/aromatic N) is 1. The molecule has 18 heavy (non-hydrogen) atoms. The van der Waals surface area contributed by atoms with Crippen LogP contribution >= 0.6 is 0 Å². The first-order chi connectivity index (χ1) is 8.49. The van der Waals surface area contributed by atoms with Gasteiger partial charge in [-0.3, -0.25) is 0 Å². The largest absolute Gasteiger partial charge is 0.507 e. The molecule has 92 valence electrons. The van der Waals surface area contributed by atoms with E-state index in [4.69, 9.17) is 10.4 Å². The average Bonchev–Trinajstić information content (AvgIpc) is 2.36. The highest BCUT2D eigenvalue weighted by molar-refractivity contribution is 5.98. The lowest BCUT2D eigenvalue weighted by atomic mass is 10.1. The van der Waals surface area contributed by atoms with E-state index >= 15 is 0 Å². The highest BCUT2D eigenvalue weighted by atomic mass is 16.5. The summed E-state index contributed by atoms with van der Waals surface area (Å²) in [6, 6.07) is 5.19. The van der Waals surface area contributed by atoms with Crippen LogP contribution in [0.25, 0.3) is 6.08 Å². The minimum Gasteiger partial charge on any atom is -0.507 e. The average molecular weight is 247 g/mol. The van der Waals surface area contributed by atoms with Gasteiger partial charge in [0.15, 0.2) is 0 Å². The molecule has 0 bridgehead atoms. The van der Waals surface area contributed by atoms with E-state index < -0.39 is 11.9 Å². The van der Waals surface area contributed by atoms with Gasteiger partial charge < -0.3 is 14.9 Å². The second kappa shape index (κ2) is 5.50. The fraction of sp³-hybridized carbons (Fsp3) is 0.0833. The van der Waals surface area contributed by atoms with Gasteiger partial charge in [0.25, 0.3) is 0 Å². The number of rotatable bonds is 3. The molecule has 0 aliphatic rings. The number of carbonyl (C=O) groups excluding carboxylic acids is 1. The van der Waals surface area contributed by atoms with Gasteiger partial charge in [0, 0.05) is 5.56 Å². The molecule has 0 saturated heterocycles. The molecule has 1 aromatic rings. The number of carboxylic acids is 1. The van der Waals surface area contributed by atoms with Crippen molar-refractivity contribution in [1.82, 2.24) is 0 Å². The normalized spacial score (nSPS) is 10.6. The predicted octanol–water partition coefficient (Wildman–Crippen LogP) is 1.17. The van der Waals surface area contributed by atoms with Crippen LogP contribution in [0.4, 0.5) is 0 Å². The first-order valence-corrected chi connectivity index (χ1v) is 4.76. The predicted molar refractivity (Wildman–Crippen MR) is 60.7 cm³/mol. The van der Waals surface area contributed by atoms with Crippen molar-refractivity contribution in [2.45, 2.75) is 0 Å². The SMILES string of the molecule is COC(=O)/C(C#N)=C/c1ccc(C(=O)O)cc1O. The third-order valence-corrected chi connectivity index (χ3v) is 2.10. The molecule has 0 heterocycles. The van der Waals surface area contributed by atoms with Crippen LogP contribution < -0.4 is 0 Å². The van der Waals surface area contributed by atoms with Crippen molar-refractivity contribution in [3.63, 3.8) is 0 Å². The van der Waals surface area contributed by atoms with Gasteiger partial charge in [-0.25, -0.2) is 9.59 Å². The van der Waals surface area contributed by atoms with Gasteiger partial charge in [-0.15, -0.1) is 0 Å². The lowest BCUT2D eigenvalue weighted by Gasteiger charge is -2.02. The summed E-state index contributed by atoms with van der Waals surface area (Å²) >= 11 is 0. The molecule has 6 nitrogen and oxygen atoms in total. The van der Waals surface area contributed by atoms with Crippen LogP contribution in [0.5, 0.6) is 5.75 Å². The van der Waals surface area contributed by atoms with Crippen molar-refractivity contribution in [3.05, 3.63) is 34.9 Å². The Kier molecular flexibility index (Phi) is 4.05. The Morgan fingerprint density at radius 1 is 1.44 bits per heavy atom. The van der Waals surface area contributed by atoms with Crippen LogP contribution in [0.3, 0.4) is 0 Å². The smallest absolute Gasteiger partial charge is 0.348 e. The first-order valence-electron chi connectivity index (χ1n) is 4.76. The number of phenols is 1. The molecule has 0 aromatic heterocycles. The van der Waals surface area contributed by atoms with E-state index in [-0.39, 0.29) is 22.4 Å². The number of methoxy groups -OCH3 is 1. The zero-order valence-corrected chi connectivity index (χ0v) is 9.38. The molecule has 0 saturated carbocycles. The molecule has 0 aliphatic carbocycles. The standard InChI is InChI=1S/C12H9NO5/c1-18-12(17)9(6-13)4-7-2-3-8(11(15)16)5-10(7)14/h2-5,14H,1H3,(H,15,16)/b9-4+.